The van der Waals surface area contributed by atoms with Crippen molar-refractivity contribution < 1.29 is 9.66 Å². The topological polar surface area (TPSA) is 77.3 Å². The van der Waals surface area contributed by atoms with Gasteiger partial charge in [0, 0.05) is 16.7 Å². The number of nitrogens with one attached hydrogen (secondary N) is 1. The van der Waals surface area contributed by atoms with Gasteiger partial charge in [-0.05, 0) is 50.0 Å². The molecule has 1 aromatic rings. The Kier molecular flexibility index (Phi) is 3.77. The molecule has 20 heavy (non-hydrogen) atoms. The maximum absolute atomic E-state index is 11.1. The molecule has 0 aromatic carbocycles. The van der Waals surface area contributed by atoms with Crippen LogP contribution >= 0.6 is 15.9 Å². The summed E-state index contributed by atoms with van der Waals surface area (Å²) in [5, 5.41) is 14.3. The molecule has 110 valence electrons. The molecule has 2 rings (SSSR count). The Morgan fingerprint density at radius 2 is 2.15 bits per heavy atom. The highest BCUT2D eigenvalue weighted by Crippen LogP contribution is 2.39. The molecule has 1 aromatic heterocycles. The first-order valence-electron chi connectivity index (χ1n) is 6.37. The number of halogens is 1. The smallest absolute Gasteiger partial charge is 0.312 e. The predicted octanol–water partition coefficient (Wildman–Crippen LogP) is 3.51. The van der Waals surface area contributed by atoms with Crippen molar-refractivity contribution in [1.82, 2.24) is 4.98 Å². The van der Waals surface area contributed by atoms with Gasteiger partial charge in [-0.2, -0.15) is 0 Å². The van der Waals surface area contributed by atoms with Crippen molar-refractivity contribution in [2.75, 3.05) is 5.32 Å². The van der Waals surface area contributed by atoms with Gasteiger partial charge in [0.25, 0.3) is 0 Å². The maximum Gasteiger partial charge on any atom is 0.312 e. The first kappa shape index (κ1) is 15.2. The number of rotatable bonds is 3. The second-order valence-corrected chi connectivity index (χ2v) is 7.06. The predicted molar refractivity (Wildman–Crippen MR) is 79.9 cm³/mol. The first-order valence-corrected chi connectivity index (χ1v) is 7.17. The summed E-state index contributed by atoms with van der Waals surface area (Å²) in [7, 11) is 0. The van der Waals surface area contributed by atoms with Crippen LogP contribution in [0.2, 0.25) is 0 Å². The molecule has 0 bridgehead atoms. The molecule has 7 heteroatoms. The molecule has 1 unspecified atom stereocenters. The van der Waals surface area contributed by atoms with Crippen LogP contribution in [0.15, 0.2) is 16.7 Å². The largest absolute Gasteiger partial charge is 0.367 e. The Labute approximate surface area is 126 Å². The third-order valence-electron chi connectivity index (χ3n) is 3.42. The van der Waals surface area contributed by atoms with Crippen LogP contribution < -0.4 is 5.32 Å². The quantitative estimate of drug-likeness (QED) is 0.671. The zero-order valence-corrected chi connectivity index (χ0v) is 13.5. The molecule has 1 aliphatic rings. The Bertz CT molecular complexity index is 546. The molecule has 1 atom stereocenters. The third kappa shape index (κ3) is 3.09. The third-order valence-corrected chi connectivity index (χ3v) is 3.85. The fraction of sp³-hybridized carbons (Fsp3) is 0.615. The average molecular weight is 344 g/mol. The summed E-state index contributed by atoms with van der Waals surface area (Å²) in [6, 6.07) is 1.41. The first-order chi connectivity index (χ1) is 9.11. The molecule has 1 saturated heterocycles. The Morgan fingerprint density at radius 3 is 2.65 bits per heavy atom. The molecule has 0 aliphatic carbocycles. The Morgan fingerprint density at radius 1 is 1.50 bits per heavy atom. The fourth-order valence-corrected chi connectivity index (χ4v) is 2.95. The minimum Gasteiger partial charge on any atom is -0.367 e. The second kappa shape index (κ2) is 4.96. The number of ether oxygens (including phenoxy) is 1. The average Bonchev–Trinajstić information content (AvgIpc) is 2.48. The van der Waals surface area contributed by atoms with Crippen molar-refractivity contribution >= 4 is 27.4 Å². The molecule has 0 amide bonds. The lowest BCUT2D eigenvalue weighted by molar-refractivity contribution is -0.384. The van der Waals surface area contributed by atoms with Crippen molar-refractivity contribution in [3.05, 3.63) is 26.9 Å². The van der Waals surface area contributed by atoms with Crippen molar-refractivity contribution in [1.29, 1.82) is 0 Å². The van der Waals surface area contributed by atoms with E-state index in [4.69, 9.17) is 4.74 Å². The second-order valence-electron chi connectivity index (χ2n) is 6.14. The molecular formula is C13H18BrN3O3. The lowest BCUT2D eigenvalue weighted by Crippen LogP contribution is -2.38. The van der Waals surface area contributed by atoms with E-state index in [1.165, 1.54) is 6.07 Å². The van der Waals surface area contributed by atoms with Crippen LogP contribution in [0.25, 0.3) is 0 Å². The molecule has 0 spiro atoms. The summed E-state index contributed by atoms with van der Waals surface area (Å²) in [4.78, 5) is 14.8. The number of anilines is 1. The number of hydrogen-bond donors (Lipinski definition) is 1. The molecule has 1 aliphatic heterocycles. The number of aromatic nitrogens is 1. The van der Waals surface area contributed by atoms with Gasteiger partial charge in [0.2, 0.25) is 5.82 Å². The van der Waals surface area contributed by atoms with Crippen molar-refractivity contribution in [2.45, 2.75) is 51.4 Å². The van der Waals surface area contributed by atoms with Gasteiger partial charge in [-0.3, -0.25) is 10.1 Å². The summed E-state index contributed by atoms with van der Waals surface area (Å²) in [5.41, 5.74) is -0.711. The highest BCUT2D eigenvalue weighted by Gasteiger charge is 2.46. The molecule has 0 saturated carbocycles. The van der Waals surface area contributed by atoms with Gasteiger partial charge in [0.15, 0.2) is 0 Å². The molecule has 6 nitrogen and oxygen atoms in total. The highest BCUT2D eigenvalue weighted by molar-refractivity contribution is 9.10. The van der Waals surface area contributed by atoms with Gasteiger partial charge in [0.1, 0.15) is 0 Å². The van der Waals surface area contributed by atoms with E-state index in [0.717, 1.165) is 6.42 Å². The number of nitrogens with zero attached hydrogens (tertiary/aromatic N) is 2. The minimum atomic E-state index is -0.436. The molecular weight excluding hydrogens is 326 g/mol. The molecule has 1 N–H and O–H groups in total. The van der Waals surface area contributed by atoms with Crippen molar-refractivity contribution in [3.8, 4) is 0 Å². The summed E-state index contributed by atoms with van der Waals surface area (Å²) >= 11 is 3.20. The standard InChI is InChI=1S/C13H18BrN3O3/c1-12(2)6-10(13(3,4)20-12)16-11-9(17(18)19)5-8(14)7-15-11/h5,7,10H,6H2,1-4H3,(H,15,16). The lowest BCUT2D eigenvalue weighted by atomic mass is 9.94. The van der Waals surface area contributed by atoms with E-state index < -0.39 is 10.5 Å². The fourth-order valence-electron chi connectivity index (χ4n) is 2.63. The van der Waals surface area contributed by atoms with Gasteiger partial charge in [-0.15, -0.1) is 0 Å². The Hall–Kier alpha value is -1.21. The van der Waals surface area contributed by atoms with Crippen LogP contribution in [0.3, 0.4) is 0 Å². The van der Waals surface area contributed by atoms with E-state index in [1.54, 1.807) is 6.20 Å². The summed E-state index contributed by atoms with van der Waals surface area (Å²) in [6.07, 6.45) is 2.30. The van der Waals surface area contributed by atoms with Crippen molar-refractivity contribution in [3.63, 3.8) is 0 Å². The van der Waals surface area contributed by atoms with Gasteiger partial charge in [0.05, 0.1) is 22.2 Å². The summed E-state index contributed by atoms with van der Waals surface area (Å²) in [5.74, 6) is 0.276. The highest BCUT2D eigenvalue weighted by atomic mass is 79.9. The van der Waals surface area contributed by atoms with E-state index in [9.17, 15) is 10.1 Å². The molecule has 2 heterocycles. The van der Waals surface area contributed by atoms with Crippen LogP contribution in [0.5, 0.6) is 0 Å². The zero-order valence-electron chi connectivity index (χ0n) is 11.9. The molecule has 0 radical (unpaired) electrons. The maximum atomic E-state index is 11.1. The number of nitro groups is 1. The van der Waals surface area contributed by atoms with E-state index in [1.807, 2.05) is 27.7 Å². The normalized spacial score (nSPS) is 23.6. The van der Waals surface area contributed by atoms with E-state index in [0.29, 0.717) is 4.47 Å². The van der Waals surface area contributed by atoms with E-state index in [-0.39, 0.29) is 23.1 Å². The number of pyridine rings is 1. The lowest BCUT2D eigenvalue weighted by Gasteiger charge is -2.27. The van der Waals surface area contributed by atoms with Crippen LogP contribution in [-0.2, 0) is 4.74 Å². The van der Waals surface area contributed by atoms with Crippen molar-refractivity contribution in [2.24, 2.45) is 0 Å². The van der Waals surface area contributed by atoms with E-state index in [2.05, 4.69) is 26.2 Å². The SMILES string of the molecule is CC1(C)CC(Nc2ncc(Br)cc2[N+](=O)[O-])C(C)(C)O1. The van der Waals surface area contributed by atoms with Crippen LogP contribution in [-0.4, -0.2) is 27.2 Å². The summed E-state index contributed by atoms with van der Waals surface area (Å²) in [6.45, 7) is 7.98. The summed E-state index contributed by atoms with van der Waals surface area (Å²) < 4.78 is 6.56. The van der Waals surface area contributed by atoms with Crippen LogP contribution in [0, 0.1) is 10.1 Å². The van der Waals surface area contributed by atoms with Crippen LogP contribution in [0.1, 0.15) is 34.1 Å². The van der Waals surface area contributed by atoms with Gasteiger partial charge in [-0.1, -0.05) is 0 Å². The van der Waals surface area contributed by atoms with Gasteiger partial charge in [-0.25, -0.2) is 4.98 Å². The van der Waals surface area contributed by atoms with Gasteiger partial charge < -0.3 is 10.1 Å². The monoisotopic (exact) mass is 343 g/mol. The number of hydrogen-bond acceptors (Lipinski definition) is 5. The zero-order chi connectivity index (χ0) is 15.1. The Balaban J connectivity index is 2.29. The van der Waals surface area contributed by atoms with E-state index >= 15 is 0 Å². The molecule has 1 fully saturated rings. The minimum absolute atomic E-state index is 0.0372. The van der Waals surface area contributed by atoms with Crippen LogP contribution in [0.4, 0.5) is 11.5 Å². The van der Waals surface area contributed by atoms with Gasteiger partial charge >= 0.3 is 5.69 Å².